The first-order valence-corrected chi connectivity index (χ1v) is 7.75. The minimum atomic E-state index is -1.50. The molecule has 9 heteroatoms. The van der Waals surface area contributed by atoms with E-state index in [9.17, 15) is 14.4 Å². The van der Waals surface area contributed by atoms with E-state index >= 15 is 0 Å². The second-order valence-corrected chi connectivity index (χ2v) is 6.67. The highest BCUT2D eigenvalue weighted by Crippen LogP contribution is 2.35. The Hall–Kier alpha value is -1.71. The number of thiocarbonyl (C=S) groups is 1. The minimum Gasteiger partial charge on any atom is -0.481 e. The standard InChI is InChI=1S/C12H9NO5S3/c14-9(15)5-7(11(17)18)13-10(16)8(21-12(13)19)4-6-2-1-3-20-6/h1-4,7H,5H2,(H,14,15)(H,17,18)/b8-4+/t7-/m1/s1. The molecule has 2 N–H and O–H groups in total. The lowest BCUT2D eigenvalue weighted by atomic mass is 10.2. The average Bonchev–Trinajstić information content (AvgIpc) is 2.97. The van der Waals surface area contributed by atoms with Crippen molar-refractivity contribution in [1.82, 2.24) is 4.90 Å². The number of carboxylic acids is 2. The van der Waals surface area contributed by atoms with Gasteiger partial charge in [-0.2, -0.15) is 0 Å². The minimum absolute atomic E-state index is 0.0523. The number of aliphatic carboxylic acids is 2. The van der Waals surface area contributed by atoms with Crippen LogP contribution in [0.5, 0.6) is 0 Å². The van der Waals surface area contributed by atoms with E-state index in [1.807, 2.05) is 17.5 Å². The summed E-state index contributed by atoms with van der Waals surface area (Å²) >= 11 is 7.41. The molecule has 1 fully saturated rings. The van der Waals surface area contributed by atoms with Gasteiger partial charge in [-0.1, -0.05) is 30.0 Å². The second kappa shape index (κ2) is 6.37. The van der Waals surface area contributed by atoms with Crippen LogP contribution < -0.4 is 0 Å². The van der Waals surface area contributed by atoms with Crippen LogP contribution in [0.2, 0.25) is 0 Å². The molecule has 0 spiro atoms. The summed E-state index contributed by atoms with van der Waals surface area (Å²) < 4.78 is 0.0523. The van der Waals surface area contributed by atoms with Crippen LogP contribution in [-0.4, -0.2) is 43.3 Å². The van der Waals surface area contributed by atoms with Crippen LogP contribution in [0.4, 0.5) is 0 Å². The highest BCUT2D eigenvalue weighted by atomic mass is 32.2. The maximum atomic E-state index is 12.3. The van der Waals surface area contributed by atoms with Crippen molar-refractivity contribution in [2.75, 3.05) is 0 Å². The van der Waals surface area contributed by atoms with Crippen molar-refractivity contribution in [3.8, 4) is 0 Å². The van der Waals surface area contributed by atoms with Gasteiger partial charge in [-0.05, 0) is 17.5 Å². The number of carbonyl (C=O) groups is 3. The van der Waals surface area contributed by atoms with E-state index in [1.165, 1.54) is 11.3 Å². The summed E-state index contributed by atoms with van der Waals surface area (Å²) in [6, 6.07) is 2.13. The second-order valence-electron chi connectivity index (χ2n) is 4.02. The molecular formula is C12H9NO5S3. The lowest BCUT2D eigenvalue weighted by Crippen LogP contribution is -2.45. The Morgan fingerprint density at radius 2 is 2.14 bits per heavy atom. The van der Waals surface area contributed by atoms with Gasteiger partial charge in [0, 0.05) is 4.88 Å². The van der Waals surface area contributed by atoms with Gasteiger partial charge >= 0.3 is 11.9 Å². The molecule has 1 aromatic heterocycles. The Morgan fingerprint density at radius 1 is 1.43 bits per heavy atom. The number of rotatable bonds is 5. The maximum absolute atomic E-state index is 12.3. The third-order valence-electron chi connectivity index (χ3n) is 2.60. The molecule has 1 aliphatic rings. The molecule has 0 saturated carbocycles. The SMILES string of the molecule is O=C(O)C[C@H](C(=O)O)N1C(=O)/C(=C\c2cccs2)SC1=S. The van der Waals surface area contributed by atoms with Crippen LogP contribution in [0.3, 0.4) is 0 Å². The molecule has 0 radical (unpaired) electrons. The zero-order valence-electron chi connectivity index (χ0n) is 10.4. The number of hydrogen-bond donors (Lipinski definition) is 2. The number of thiophene rings is 1. The predicted octanol–water partition coefficient (Wildman–Crippen LogP) is 1.88. The molecule has 0 aliphatic carbocycles. The number of carbonyl (C=O) groups excluding carboxylic acids is 1. The van der Waals surface area contributed by atoms with Crippen molar-refractivity contribution in [3.05, 3.63) is 27.3 Å². The van der Waals surface area contributed by atoms with E-state index in [0.717, 1.165) is 21.5 Å². The topological polar surface area (TPSA) is 94.9 Å². The molecule has 1 aromatic rings. The van der Waals surface area contributed by atoms with Crippen LogP contribution in [0.1, 0.15) is 11.3 Å². The smallest absolute Gasteiger partial charge is 0.327 e. The molecule has 2 rings (SSSR count). The number of hydrogen-bond acceptors (Lipinski definition) is 6. The highest BCUT2D eigenvalue weighted by Gasteiger charge is 2.41. The zero-order valence-corrected chi connectivity index (χ0v) is 12.8. The van der Waals surface area contributed by atoms with Crippen molar-refractivity contribution in [2.45, 2.75) is 12.5 Å². The van der Waals surface area contributed by atoms with Gasteiger partial charge in [0.15, 0.2) is 0 Å². The van der Waals surface area contributed by atoms with Gasteiger partial charge in [0.2, 0.25) is 0 Å². The summed E-state index contributed by atoms with van der Waals surface area (Å²) in [5, 5.41) is 19.7. The normalized spacial score (nSPS) is 18.3. The Balaban J connectivity index is 2.29. The average molecular weight is 343 g/mol. The monoisotopic (exact) mass is 343 g/mol. The summed E-state index contributed by atoms with van der Waals surface area (Å²) in [6.07, 6.45) is 0.914. The maximum Gasteiger partial charge on any atom is 0.327 e. The van der Waals surface area contributed by atoms with Gasteiger partial charge < -0.3 is 10.2 Å². The van der Waals surface area contributed by atoms with Crippen LogP contribution in [-0.2, 0) is 14.4 Å². The van der Waals surface area contributed by atoms with E-state index < -0.39 is 30.3 Å². The first-order valence-electron chi connectivity index (χ1n) is 5.65. The molecular weight excluding hydrogens is 334 g/mol. The summed E-state index contributed by atoms with van der Waals surface area (Å²) in [4.78, 5) is 36.2. The third-order valence-corrected chi connectivity index (χ3v) is 4.75. The summed E-state index contributed by atoms with van der Waals surface area (Å²) in [5.41, 5.74) is 0. The van der Waals surface area contributed by atoms with Gasteiger partial charge in [-0.15, -0.1) is 11.3 Å². The first kappa shape index (κ1) is 15.7. The molecule has 0 bridgehead atoms. The van der Waals surface area contributed by atoms with Crippen LogP contribution in [0.15, 0.2) is 22.4 Å². The molecule has 1 amide bonds. The summed E-state index contributed by atoms with van der Waals surface area (Å²) in [7, 11) is 0. The molecule has 21 heavy (non-hydrogen) atoms. The molecule has 1 atom stereocenters. The van der Waals surface area contributed by atoms with Gasteiger partial charge in [-0.3, -0.25) is 14.5 Å². The first-order chi connectivity index (χ1) is 9.90. The number of nitrogens with zero attached hydrogens (tertiary/aromatic N) is 1. The molecule has 1 aliphatic heterocycles. The van der Waals surface area contributed by atoms with E-state index in [2.05, 4.69) is 0 Å². The fraction of sp³-hybridized carbons (Fsp3) is 0.167. The van der Waals surface area contributed by atoms with Crippen LogP contribution in [0.25, 0.3) is 6.08 Å². The molecule has 6 nitrogen and oxygen atoms in total. The zero-order chi connectivity index (χ0) is 15.6. The van der Waals surface area contributed by atoms with E-state index in [4.69, 9.17) is 22.4 Å². The number of amides is 1. The summed E-state index contributed by atoms with van der Waals surface area (Å²) in [5.74, 6) is -3.28. The Bertz CT molecular complexity index is 637. The lowest BCUT2D eigenvalue weighted by Gasteiger charge is -2.21. The summed E-state index contributed by atoms with van der Waals surface area (Å²) in [6.45, 7) is 0. The van der Waals surface area contributed by atoms with Crippen molar-refractivity contribution < 1.29 is 24.6 Å². The van der Waals surface area contributed by atoms with E-state index in [0.29, 0.717) is 4.91 Å². The quantitative estimate of drug-likeness (QED) is 0.622. The highest BCUT2D eigenvalue weighted by molar-refractivity contribution is 8.26. The van der Waals surface area contributed by atoms with E-state index in [-0.39, 0.29) is 4.32 Å². The fourth-order valence-electron chi connectivity index (χ4n) is 1.71. The number of carboxylic acid groups (broad SMARTS) is 2. The van der Waals surface area contributed by atoms with Crippen molar-refractivity contribution >= 4 is 63.6 Å². The predicted molar refractivity (Wildman–Crippen MR) is 83.0 cm³/mol. The Morgan fingerprint density at radius 3 is 2.67 bits per heavy atom. The number of thioether (sulfide) groups is 1. The molecule has 0 unspecified atom stereocenters. The molecule has 0 aromatic carbocycles. The Kier molecular flexibility index (Phi) is 4.76. The van der Waals surface area contributed by atoms with Crippen LogP contribution >= 0.6 is 35.3 Å². The molecule has 2 heterocycles. The van der Waals surface area contributed by atoms with E-state index in [1.54, 1.807) is 6.08 Å². The van der Waals surface area contributed by atoms with Gasteiger partial charge in [0.25, 0.3) is 5.91 Å². The fourth-order valence-corrected chi connectivity index (χ4v) is 3.79. The lowest BCUT2D eigenvalue weighted by molar-refractivity contribution is -0.150. The molecule has 1 saturated heterocycles. The Labute approximate surface area is 133 Å². The van der Waals surface area contributed by atoms with Gasteiger partial charge in [0.1, 0.15) is 10.4 Å². The largest absolute Gasteiger partial charge is 0.481 e. The van der Waals surface area contributed by atoms with Crippen molar-refractivity contribution in [2.24, 2.45) is 0 Å². The van der Waals surface area contributed by atoms with Crippen LogP contribution in [0, 0.1) is 0 Å². The third kappa shape index (κ3) is 3.49. The van der Waals surface area contributed by atoms with Crippen molar-refractivity contribution in [3.63, 3.8) is 0 Å². The van der Waals surface area contributed by atoms with Gasteiger partial charge in [-0.25, -0.2) is 4.79 Å². The molecule has 110 valence electrons. The van der Waals surface area contributed by atoms with Gasteiger partial charge in [0.05, 0.1) is 11.3 Å². The van der Waals surface area contributed by atoms with Crippen molar-refractivity contribution in [1.29, 1.82) is 0 Å².